The molecule has 26 heavy (non-hydrogen) atoms. The van der Waals surface area contributed by atoms with Crippen LogP contribution in [0.5, 0.6) is 0 Å². The average Bonchev–Trinajstić information content (AvgIpc) is 3.28. The SMILES string of the molecule is CC1CCc2c(C(=O)N3CCCC(c4cc(C(N)=O)n[nH]4)C3)csc2C1. The molecule has 3 heterocycles. The molecule has 2 amide bonds. The Morgan fingerprint density at radius 3 is 3.00 bits per heavy atom. The van der Waals surface area contributed by atoms with Crippen molar-refractivity contribution in [3.63, 3.8) is 0 Å². The van der Waals surface area contributed by atoms with Gasteiger partial charge in [0.05, 0.1) is 5.56 Å². The fourth-order valence-electron chi connectivity index (χ4n) is 4.11. The molecule has 2 unspecified atom stereocenters. The Balaban J connectivity index is 1.51. The second-order valence-corrected chi connectivity index (χ2v) is 8.53. The van der Waals surface area contributed by atoms with Gasteiger partial charge in [0.15, 0.2) is 0 Å². The van der Waals surface area contributed by atoms with Crippen LogP contribution in [0.3, 0.4) is 0 Å². The molecular formula is C19H24N4O2S. The Bertz CT molecular complexity index is 840. The van der Waals surface area contributed by atoms with Gasteiger partial charge >= 0.3 is 0 Å². The number of hydrogen-bond acceptors (Lipinski definition) is 4. The highest BCUT2D eigenvalue weighted by Gasteiger charge is 2.30. The number of likely N-dealkylation sites (tertiary alicyclic amines) is 1. The summed E-state index contributed by atoms with van der Waals surface area (Å²) < 4.78 is 0. The predicted molar refractivity (Wildman–Crippen MR) is 100 cm³/mol. The number of thiophene rings is 1. The predicted octanol–water partition coefficient (Wildman–Crippen LogP) is 2.71. The van der Waals surface area contributed by atoms with Gasteiger partial charge in [-0.25, -0.2) is 0 Å². The van der Waals surface area contributed by atoms with Gasteiger partial charge in [-0.3, -0.25) is 14.7 Å². The highest BCUT2D eigenvalue weighted by molar-refractivity contribution is 7.10. The van der Waals surface area contributed by atoms with Crippen LogP contribution in [0.15, 0.2) is 11.4 Å². The Kier molecular flexibility index (Phi) is 4.56. The standard InChI is InChI=1S/C19H24N4O2S/c1-11-4-5-13-14(10-26-17(13)7-11)19(25)23-6-2-3-12(9-23)15-8-16(18(20)24)22-21-15/h8,10-12H,2-7,9H2,1H3,(H2,20,24)(H,21,22). The summed E-state index contributed by atoms with van der Waals surface area (Å²) in [4.78, 5) is 27.7. The van der Waals surface area contributed by atoms with Gasteiger partial charge in [-0.2, -0.15) is 5.10 Å². The summed E-state index contributed by atoms with van der Waals surface area (Å²) in [5, 5.41) is 8.94. The van der Waals surface area contributed by atoms with Gasteiger partial charge in [0, 0.05) is 35.0 Å². The Labute approximate surface area is 156 Å². The van der Waals surface area contributed by atoms with Crippen molar-refractivity contribution in [3.8, 4) is 0 Å². The topological polar surface area (TPSA) is 92.1 Å². The fourth-order valence-corrected chi connectivity index (χ4v) is 5.35. The molecule has 2 aromatic heterocycles. The average molecular weight is 372 g/mol. The number of fused-ring (bicyclic) bond motifs is 1. The number of aromatic nitrogens is 2. The lowest BCUT2D eigenvalue weighted by Gasteiger charge is -2.32. The highest BCUT2D eigenvalue weighted by Crippen LogP contribution is 2.34. The lowest BCUT2D eigenvalue weighted by molar-refractivity contribution is 0.0704. The molecule has 7 heteroatoms. The molecule has 4 rings (SSSR count). The normalized spacial score (nSPS) is 22.9. The second kappa shape index (κ2) is 6.87. The van der Waals surface area contributed by atoms with Gasteiger partial charge in [-0.05, 0) is 49.7 Å². The first-order valence-electron chi connectivity index (χ1n) is 9.26. The minimum atomic E-state index is -0.532. The zero-order valence-electron chi connectivity index (χ0n) is 15.0. The van der Waals surface area contributed by atoms with Crippen molar-refractivity contribution in [2.45, 2.75) is 44.9 Å². The zero-order chi connectivity index (χ0) is 18.3. The number of amides is 2. The number of rotatable bonds is 3. The Morgan fingerprint density at radius 2 is 2.23 bits per heavy atom. The first-order chi connectivity index (χ1) is 12.5. The smallest absolute Gasteiger partial charge is 0.269 e. The van der Waals surface area contributed by atoms with E-state index in [1.54, 1.807) is 17.4 Å². The molecule has 1 saturated heterocycles. The summed E-state index contributed by atoms with van der Waals surface area (Å²) in [7, 11) is 0. The van der Waals surface area contributed by atoms with Crippen LogP contribution in [0.2, 0.25) is 0 Å². The second-order valence-electron chi connectivity index (χ2n) is 7.56. The minimum absolute atomic E-state index is 0.149. The molecule has 2 aromatic rings. The van der Waals surface area contributed by atoms with Crippen LogP contribution in [0, 0.1) is 5.92 Å². The third-order valence-electron chi connectivity index (χ3n) is 5.63. The van der Waals surface area contributed by atoms with Crippen LogP contribution in [-0.4, -0.2) is 40.0 Å². The Morgan fingerprint density at radius 1 is 1.38 bits per heavy atom. The van der Waals surface area contributed by atoms with E-state index in [0.29, 0.717) is 12.5 Å². The number of piperidine rings is 1. The van der Waals surface area contributed by atoms with E-state index in [1.165, 1.54) is 10.4 Å². The molecule has 0 bridgehead atoms. The molecule has 1 fully saturated rings. The number of aromatic amines is 1. The summed E-state index contributed by atoms with van der Waals surface area (Å²) >= 11 is 1.74. The van der Waals surface area contributed by atoms with Gasteiger partial charge in [-0.1, -0.05) is 6.92 Å². The largest absolute Gasteiger partial charge is 0.364 e. The molecule has 3 N–H and O–H groups in total. The van der Waals surface area contributed by atoms with E-state index < -0.39 is 5.91 Å². The number of nitrogens with two attached hydrogens (primary N) is 1. The van der Waals surface area contributed by atoms with Crippen molar-refractivity contribution < 1.29 is 9.59 Å². The number of hydrogen-bond donors (Lipinski definition) is 2. The molecule has 0 aromatic carbocycles. The first kappa shape index (κ1) is 17.3. The maximum absolute atomic E-state index is 13.1. The maximum Gasteiger partial charge on any atom is 0.269 e. The van der Waals surface area contributed by atoms with E-state index in [2.05, 4.69) is 22.5 Å². The number of H-pyrrole nitrogens is 1. The van der Waals surface area contributed by atoms with Crippen LogP contribution >= 0.6 is 11.3 Å². The molecule has 0 spiro atoms. The molecule has 0 saturated carbocycles. The molecular weight excluding hydrogens is 348 g/mol. The lowest BCUT2D eigenvalue weighted by atomic mass is 9.88. The van der Waals surface area contributed by atoms with E-state index >= 15 is 0 Å². The van der Waals surface area contributed by atoms with E-state index in [1.807, 2.05) is 4.90 Å². The molecule has 6 nitrogen and oxygen atoms in total. The summed E-state index contributed by atoms with van der Waals surface area (Å²) in [5.41, 5.74) is 8.61. The number of carbonyl (C=O) groups excluding carboxylic acids is 2. The van der Waals surface area contributed by atoms with E-state index in [-0.39, 0.29) is 17.5 Å². The van der Waals surface area contributed by atoms with E-state index in [4.69, 9.17) is 5.73 Å². The van der Waals surface area contributed by atoms with E-state index in [0.717, 1.165) is 49.9 Å². The quantitative estimate of drug-likeness (QED) is 0.868. The highest BCUT2D eigenvalue weighted by atomic mass is 32.1. The zero-order valence-corrected chi connectivity index (χ0v) is 15.8. The van der Waals surface area contributed by atoms with Crippen molar-refractivity contribution in [1.29, 1.82) is 0 Å². The van der Waals surface area contributed by atoms with Crippen LogP contribution < -0.4 is 5.73 Å². The maximum atomic E-state index is 13.1. The third-order valence-corrected chi connectivity index (χ3v) is 6.68. The van der Waals surface area contributed by atoms with Crippen molar-refractivity contribution in [2.24, 2.45) is 11.7 Å². The number of primary amides is 1. The van der Waals surface area contributed by atoms with Crippen molar-refractivity contribution in [2.75, 3.05) is 13.1 Å². The lowest BCUT2D eigenvalue weighted by Crippen LogP contribution is -2.39. The van der Waals surface area contributed by atoms with Gasteiger partial charge < -0.3 is 10.6 Å². The minimum Gasteiger partial charge on any atom is -0.364 e. The van der Waals surface area contributed by atoms with E-state index in [9.17, 15) is 9.59 Å². The van der Waals surface area contributed by atoms with Crippen molar-refractivity contribution >= 4 is 23.2 Å². The molecule has 138 valence electrons. The van der Waals surface area contributed by atoms with Crippen molar-refractivity contribution in [3.05, 3.63) is 38.8 Å². The third kappa shape index (κ3) is 3.16. The number of nitrogens with one attached hydrogen (secondary N) is 1. The molecule has 0 radical (unpaired) electrons. The summed E-state index contributed by atoms with van der Waals surface area (Å²) in [5.74, 6) is 0.498. The number of nitrogens with zero attached hydrogens (tertiary/aromatic N) is 2. The van der Waals surface area contributed by atoms with Gasteiger partial charge in [0.25, 0.3) is 11.8 Å². The van der Waals surface area contributed by atoms with Crippen LogP contribution in [0.1, 0.15) is 69.1 Å². The fraction of sp³-hybridized carbons (Fsp3) is 0.526. The van der Waals surface area contributed by atoms with Gasteiger partial charge in [0.1, 0.15) is 5.69 Å². The summed E-state index contributed by atoms with van der Waals surface area (Å²) in [6, 6.07) is 1.72. The molecule has 1 aliphatic carbocycles. The van der Waals surface area contributed by atoms with Crippen molar-refractivity contribution in [1.82, 2.24) is 15.1 Å². The monoisotopic (exact) mass is 372 g/mol. The van der Waals surface area contributed by atoms with Crippen LogP contribution in [0.25, 0.3) is 0 Å². The Hall–Kier alpha value is -2.15. The molecule has 2 atom stereocenters. The summed E-state index contributed by atoms with van der Waals surface area (Å²) in [6.07, 6.45) is 5.20. The van der Waals surface area contributed by atoms with Gasteiger partial charge in [0.2, 0.25) is 0 Å². The van der Waals surface area contributed by atoms with Gasteiger partial charge in [-0.15, -0.1) is 11.3 Å². The molecule has 1 aliphatic heterocycles. The van der Waals surface area contributed by atoms with Crippen LogP contribution in [-0.2, 0) is 12.8 Å². The van der Waals surface area contributed by atoms with Crippen LogP contribution in [0.4, 0.5) is 0 Å². The first-order valence-corrected chi connectivity index (χ1v) is 10.1. The summed E-state index contributed by atoms with van der Waals surface area (Å²) in [6.45, 7) is 3.72. The number of carbonyl (C=O) groups is 2. The molecule has 2 aliphatic rings.